The average molecular weight is 256 g/mol. The van der Waals surface area contributed by atoms with Crippen LogP contribution in [-0.4, -0.2) is 9.97 Å². The van der Waals surface area contributed by atoms with Gasteiger partial charge in [-0.1, -0.05) is 32.0 Å². The lowest BCUT2D eigenvalue weighted by atomic mass is 10.1. The molecule has 100 valence electrons. The summed E-state index contributed by atoms with van der Waals surface area (Å²) in [6.07, 6.45) is 0. The van der Waals surface area contributed by atoms with E-state index in [1.54, 1.807) is 0 Å². The highest BCUT2D eigenvalue weighted by molar-refractivity contribution is 5.47. The SMILES string of the molecule is Cc1cc(C(C)C)nc(NCc2ccccc2N)n1. The largest absolute Gasteiger partial charge is 0.398 e. The molecule has 0 aliphatic heterocycles. The predicted octanol–water partition coefficient (Wildman–Crippen LogP) is 3.10. The zero-order chi connectivity index (χ0) is 13.8. The van der Waals surface area contributed by atoms with E-state index in [9.17, 15) is 0 Å². The number of benzene rings is 1. The topological polar surface area (TPSA) is 63.8 Å². The molecule has 0 aliphatic rings. The maximum absolute atomic E-state index is 5.91. The summed E-state index contributed by atoms with van der Waals surface area (Å²) in [4.78, 5) is 8.91. The van der Waals surface area contributed by atoms with Crippen molar-refractivity contribution in [1.82, 2.24) is 9.97 Å². The van der Waals surface area contributed by atoms with E-state index in [4.69, 9.17) is 5.73 Å². The van der Waals surface area contributed by atoms with Crippen molar-refractivity contribution in [2.24, 2.45) is 0 Å². The normalized spacial score (nSPS) is 10.7. The van der Waals surface area contributed by atoms with Crippen LogP contribution in [-0.2, 0) is 6.54 Å². The summed E-state index contributed by atoms with van der Waals surface area (Å²) in [5.74, 6) is 1.05. The van der Waals surface area contributed by atoms with Crippen LogP contribution in [0.5, 0.6) is 0 Å². The molecule has 2 aromatic rings. The first kappa shape index (κ1) is 13.3. The fraction of sp³-hybridized carbons (Fsp3) is 0.333. The molecule has 0 aliphatic carbocycles. The van der Waals surface area contributed by atoms with Gasteiger partial charge in [0.25, 0.3) is 0 Å². The maximum Gasteiger partial charge on any atom is 0.223 e. The third-order valence-corrected chi connectivity index (χ3v) is 2.96. The van der Waals surface area contributed by atoms with E-state index in [-0.39, 0.29) is 0 Å². The molecule has 0 amide bonds. The summed E-state index contributed by atoms with van der Waals surface area (Å²) in [5.41, 5.74) is 9.78. The molecular weight excluding hydrogens is 236 g/mol. The predicted molar refractivity (Wildman–Crippen MR) is 79.0 cm³/mol. The number of nitrogens with one attached hydrogen (secondary N) is 1. The minimum atomic E-state index is 0.393. The molecule has 2 rings (SSSR count). The number of nitrogen functional groups attached to an aromatic ring is 1. The molecule has 19 heavy (non-hydrogen) atoms. The maximum atomic E-state index is 5.91. The number of aromatic nitrogens is 2. The van der Waals surface area contributed by atoms with E-state index < -0.39 is 0 Å². The summed E-state index contributed by atoms with van der Waals surface area (Å²) in [6, 6.07) is 9.82. The molecule has 0 unspecified atom stereocenters. The van der Waals surface area contributed by atoms with E-state index in [0.717, 1.165) is 22.6 Å². The Morgan fingerprint density at radius 2 is 1.95 bits per heavy atom. The van der Waals surface area contributed by atoms with E-state index in [1.165, 1.54) is 0 Å². The smallest absolute Gasteiger partial charge is 0.223 e. The van der Waals surface area contributed by atoms with Crippen LogP contribution in [0, 0.1) is 6.92 Å². The van der Waals surface area contributed by atoms with Crippen LogP contribution in [0.3, 0.4) is 0 Å². The lowest BCUT2D eigenvalue weighted by molar-refractivity contribution is 0.808. The van der Waals surface area contributed by atoms with Gasteiger partial charge in [-0.05, 0) is 30.5 Å². The van der Waals surface area contributed by atoms with E-state index in [2.05, 4.69) is 29.1 Å². The molecule has 0 bridgehead atoms. The van der Waals surface area contributed by atoms with Gasteiger partial charge >= 0.3 is 0 Å². The second kappa shape index (κ2) is 5.69. The molecule has 0 spiro atoms. The molecular formula is C15H20N4. The van der Waals surface area contributed by atoms with Gasteiger partial charge in [-0.3, -0.25) is 0 Å². The Labute approximate surface area is 114 Å². The van der Waals surface area contributed by atoms with Crippen LogP contribution in [0.2, 0.25) is 0 Å². The summed E-state index contributed by atoms with van der Waals surface area (Å²) >= 11 is 0. The van der Waals surface area contributed by atoms with Gasteiger partial charge in [0, 0.05) is 23.6 Å². The molecule has 3 N–H and O–H groups in total. The summed E-state index contributed by atoms with van der Waals surface area (Å²) in [6.45, 7) is 6.87. The van der Waals surface area contributed by atoms with Gasteiger partial charge in [-0.25, -0.2) is 9.97 Å². The Kier molecular flexibility index (Phi) is 4.00. The first-order chi connectivity index (χ1) is 9.06. The Morgan fingerprint density at radius 1 is 1.21 bits per heavy atom. The number of hydrogen-bond donors (Lipinski definition) is 2. The Morgan fingerprint density at radius 3 is 2.63 bits per heavy atom. The summed E-state index contributed by atoms with van der Waals surface area (Å²) in [5, 5.41) is 3.24. The van der Waals surface area contributed by atoms with Crippen molar-refractivity contribution in [2.75, 3.05) is 11.1 Å². The van der Waals surface area contributed by atoms with Crippen molar-refractivity contribution in [3.63, 3.8) is 0 Å². The van der Waals surface area contributed by atoms with E-state index >= 15 is 0 Å². The number of para-hydroxylation sites is 1. The van der Waals surface area contributed by atoms with Crippen molar-refractivity contribution in [3.05, 3.63) is 47.3 Å². The lowest BCUT2D eigenvalue weighted by Gasteiger charge is -2.11. The first-order valence-corrected chi connectivity index (χ1v) is 6.49. The van der Waals surface area contributed by atoms with Crippen molar-refractivity contribution in [2.45, 2.75) is 33.2 Å². The van der Waals surface area contributed by atoms with Gasteiger partial charge in [0.2, 0.25) is 5.95 Å². The van der Waals surface area contributed by atoms with E-state index in [0.29, 0.717) is 18.4 Å². The fourth-order valence-corrected chi connectivity index (χ4v) is 1.84. The van der Waals surface area contributed by atoms with Gasteiger partial charge in [0.1, 0.15) is 0 Å². The second-order valence-electron chi connectivity index (χ2n) is 4.96. The second-order valence-corrected chi connectivity index (χ2v) is 4.96. The van der Waals surface area contributed by atoms with Crippen LogP contribution in [0.4, 0.5) is 11.6 Å². The number of nitrogens with two attached hydrogens (primary N) is 1. The van der Waals surface area contributed by atoms with Crippen molar-refractivity contribution in [1.29, 1.82) is 0 Å². The Hall–Kier alpha value is -2.10. The lowest BCUT2D eigenvalue weighted by Crippen LogP contribution is -2.08. The average Bonchev–Trinajstić information content (AvgIpc) is 2.37. The molecule has 0 saturated heterocycles. The van der Waals surface area contributed by atoms with Crippen LogP contribution in [0.1, 0.15) is 36.7 Å². The first-order valence-electron chi connectivity index (χ1n) is 6.49. The highest BCUT2D eigenvalue weighted by Crippen LogP contribution is 2.16. The van der Waals surface area contributed by atoms with Gasteiger partial charge in [0.15, 0.2) is 0 Å². The molecule has 0 radical (unpaired) electrons. The van der Waals surface area contributed by atoms with Gasteiger partial charge in [-0.2, -0.15) is 0 Å². The Bertz CT molecular complexity index is 564. The molecule has 1 heterocycles. The fourth-order valence-electron chi connectivity index (χ4n) is 1.84. The van der Waals surface area contributed by atoms with Gasteiger partial charge in [0.05, 0.1) is 0 Å². The van der Waals surface area contributed by atoms with Gasteiger partial charge < -0.3 is 11.1 Å². The highest BCUT2D eigenvalue weighted by Gasteiger charge is 2.06. The third-order valence-electron chi connectivity index (χ3n) is 2.96. The molecule has 4 heteroatoms. The zero-order valence-electron chi connectivity index (χ0n) is 11.6. The molecule has 0 saturated carbocycles. The molecule has 4 nitrogen and oxygen atoms in total. The third kappa shape index (κ3) is 3.44. The highest BCUT2D eigenvalue weighted by atomic mass is 15.1. The zero-order valence-corrected chi connectivity index (χ0v) is 11.6. The number of aryl methyl sites for hydroxylation is 1. The van der Waals surface area contributed by atoms with Crippen molar-refractivity contribution in [3.8, 4) is 0 Å². The van der Waals surface area contributed by atoms with Crippen molar-refractivity contribution < 1.29 is 0 Å². The van der Waals surface area contributed by atoms with E-state index in [1.807, 2.05) is 37.3 Å². The standard InChI is InChI=1S/C15H20N4/c1-10(2)14-8-11(3)18-15(19-14)17-9-12-6-4-5-7-13(12)16/h4-8,10H,9,16H2,1-3H3,(H,17,18,19). The molecule has 1 aromatic carbocycles. The van der Waals surface area contributed by atoms with Gasteiger partial charge in [-0.15, -0.1) is 0 Å². The van der Waals surface area contributed by atoms with Crippen LogP contribution >= 0.6 is 0 Å². The monoisotopic (exact) mass is 256 g/mol. The van der Waals surface area contributed by atoms with Crippen LogP contribution < -0.4 is 11.1 Å². The number of nitrogens with zero attached hydrogens (tertiary/aromatic N) is 2. The number of rotatable bonds is 4. The van der Waals surface area contributed by atoms with Crippen molar-refractivity contribution >= 4 is 11.6 Å². The number of hydrogen-bond acceptors (Lipinski definition) is 4. The molecule has 1 aromatic heterocycles. The minimum Gasteiger partial charge on any atom is -0.398 e. The van der Waals surface area contributed by atoms with Crippen LogP contribution in [0.15, 0.2) is 30.3 Å². The quantitative estimate of drug-likeness (QED) is 0.825. The molecule has 0 fully saturated rings. The minimum absolute atomic E-state index is 0.393. The Balaban J connectivity index is 2.14. The summed E-state index contributed by atoms with van der Waals surface area (Å²) in [7, 11) is 0. The summed E-state index contributed by atoms with van der Waals surface area (Å²) < 4.78 is 0. The van der Waals surface area contributed by atoms with Crippen LogP contribution in [0.25, 0.3) is 0 Å². The number of anilines is 2. The molecule has 0 atom stereocenters.